The molecule has 0 spiro atoms. The van der Waals surface area contributed by atoms with Gasteiger partial charge in [-0.1, -0.05) is 44.2 Å². The van der Waals surface area contributed by atoms with Crippen molar-refractivity contribution in [3.05, 3.63) is 71.1 Å². The van der Waals surface area contributed by atoms with Gasteiger partial charge < -0.3 is 4.57 Å². The largest absolute Gasteiger partial charge is 0.333 e. The third-order valence-electron chi connectivity index (χ3n) is 4.61. The van der Waals surface area contributed by atoms with Crippen LogP contribution in [0.25, 0.3) is 0 Å². The van der Waals surface area contributed by atoms with Crippen molar-refractivity contribution < 1.29 is 0 Å². The van der Waals surface area contributed by atoms with E-state index in [1.54, 1.807) is 0 Å². The molecular weight excluding hydrogens is 308 g/mol. The number of imidazole rings is 1. The highest BCUT2D eigenvalue weighted by Gasteiger charge is 2.18. The van der Waals surface area contributed by atoms with Gasteiger partial charge in [0.15, 0.2) is 0 Å². The van der Waals surface area contributed by atoms with Gasteiger partial charge in [0, 0.05) is 36.5 Å². The van der Waals surface area contributed by atoms with E-state index in [2.05, 4.69) is 72.4 Å². The lowest BCUT2D eigenvalue weighted by atomic mass is 10.0. The van der Waals surface area contributed by atoms with Crippen molar-refractivity contribution in [2.24, 2.45) is 0 Å². The first kappa shape index (κ1) is 17.5. The lowest BCUT2D eigenvalue weighted by molar-refractivity contribution is 0.506. The summed E-state index contributed by atoms with van der Waals surface area (Å²) in [7, 11) is 0. The Morgan fingerprint density at radius 2 is 1.80 bits per heavy atom. The zero-order valence-corrected chi connectivity index (χ0v) is 15.7. The van der Waals surface area contributed by atoms with Crippen molar-refractivity contribution >= 4 is 0 Å². The number of aryl methyl sites for hydroxylation is 1. The first-order chi connectivity index (χ1) is 12.1. The van der Waals surface area contributed by atoms with Crippen molar-refractivity contribution in [2.75, 3.05) is 0 Å². The van der Waals surface area contributed by atoms with E-state index in [0.29, 0.717) is 6.04 Å². The molecule has 0 unspecified atom stereocenters. The minimum Gasteiger partial charge on any atom is -0.333 e. The molecule has 3 aromatic rings. The molecule has 0 atom stereocenters. The summed E-state index contributed by atoms with van der Waals surface area (Å²) >= 11 is 0. The highest BCUT2D eigenvalue weighted by molar-refractivity contribution is 5.31. The summed E-state index contributed by atoms with van der Waals surface area (Å²) in [6.07, 6.45) is 6.93. The quantitative estimate of drug-likeness (QED) is 0.640. The molecular formula is C21H28N4. The molecule has 0 radical (unpaired) electrons. The van der Waals surface area contributed by atoms with Crippen LogP contribution >= 0.6 is 0 Å². The minimum absolute atomic E-state index is 0.393. The van der Waals surface area contributed by atoms with Crippen LogP contribution in [0.1, 0.15) is 61.9 Å². The third-order valence-corrected chi connectivity index (χ3v) is 4.61. The number of aromatic nitrogens is 4. The Hall–Kier alpha value is -2.36. The van der Waals surface area contributed by atoms with Crippen molar-refractivity contribution in [1.29, 1.82) is 0 Å². The fourth-order valence-corrected chi connectivity index (χ4v) is 3.41. The Balaban J connectivity index is 1.83. The van der Waals surface area contributed by atoms with Gasteiger partial charge in [-0.25, -0.2) is 4.98 Å². The van der Waals surface area contributed by atoms with Crippen LogP contribution in [0.3, 0.4) is 0 Å². The fraction of sp³-hybridized carbons (Fsp3) is 0.429. The van der Waals surface area contributed by atoms with Crippen LogP contribution in [0.15, 0.2) is 42.9 Å². The van der Waals surface area contributed by atoms with E-state index in [9.17, 15) is 0 Å². The van der Waals surface area contributed by atoms with Crippen LogP contribution in [-0.2, 0) is 25.8 Å². The van der Waals surface area contributed by atoms with Gasteiger partial charge in [-0.2, -0.15) is 5.10 Å². The molecule has 2 heterocycles. The van der Waals surface area contributed by atoms with Gasteiger partial charge in [0.25, 0.3) is 0 Å². The Bertz CT molecular complexity index is 812. The van der Waals surface area contributed by atoms with E-state index in [1.165, 1.54) is 22.5 Å². The summed E-state index contributed by atoms with van der Waals surface area (Å²) < 4.78 is 4.35. The summed E-state index contributed by atoms with van der Waals surface area (Å²) in [6.45, 7) is 9.66. The highest BCUT2D eigenvalue weighted by Crippen LogP contribution is 2.22. The predicted octanol–water partition coefficient (Wildman–Crippen LogP) is 4.42. The Kier molecular flexibility index (Phi) is 5.37. The Morgan fingerprint density at radius 3 is 2.44 bits per heavy atom. The number of hydrogen-bond acceptors (Lipinski definition) is 2. The van der Waals surface area contributed by atoms with Gasteiger partial charge in [-0.05, 0) is 32.3 Å². The maximum atomic E-state index is 4.85. The Morgan fingerprint density at radius 1 is 1.04 bits per heavy atom. The third kappa shape index (κ3) is 3.84. The van der Waals surface area contributed by atoms with E-state index >= 15 is 0 Å². The van der Waals surface area contributed by atoms with Crippen molar-refractivity contribution in [1.82, 2.24) is 19.3 Å². The second kappa shape index (κ2) is 7.68. The van der Waals surface area contributed by atoms with Crippen LogP contribution in [0.2, 0.25) is 0 Å². The number of rotatable bonds is 7. The molecule has 1 aromatic carbocycles. The molecule has 0 aliphatic carbocycles. The Labute approximate surface area is 150 Å². The normalized spacial score (nSPS) is 11.4. The standard InChI is InChI=1S/C21H28N4/c1-5-20-19(21(6-2)25(23-20)16(3)4)12-18-14-24(15-22-18)13-17-10-8-7-9-11-17/h7-11,14-16H,5-6,12-13H2,1-4H3. The van der Waals surface area contributed by atoms with E-state index in [1.807, 2.05) is 12.4 Å². The van der Waals surface area contributed by atoms with Crippen LogP contribution in [0.5, 0.6) is 0 Å². The van der Waals surface area contributed by atoms with Gasteiger partial charge in [-0.15, -0.1) is 0 Å². The van der Waals surface area contributed by atoms with Gasteiger partial charge in [-0.3, -0.25) is 4.68 Å². The van der Waals surface area contributed by atoms with Gasteiger partial charge in [0.2, 0.25) is 0 Å². The monoisotopic (exact) mass is 336 g/mol. The maximum Gasteiger partial charge on any atom is 0.0952 e. The summed E-state index contributed by atoms with van der Waals surface area (Å²) in [5, 5.41) is 4.85. The maximum absolute atomic E-state index is 4.85. The van der Waals surface area contributed by atoms with Crippen LogP contribution in [0, 0.1) is 0 Å². The predicted molar refractivity (Wildman–Crippen MR) is 102 cm³/mol. The molecule has 0 N–H and O–H groups in total. The second-order valence-corrected chi connectivity index (χ2v) is 6.82. The zero-order valence-electron chi connectivity index (χ0n) is 15.7. The SMILES string of the molecule is CCc1nn(C(C)C)c(CC)c1Cc1cn(Cc2ccccc2)cn1. The highest BCUT2D eigenvalue weighted by atomic mass is 15.3. The van der Waals surface area contributed by atoms with E-state index < -0.39 is 0 Å². The topological polar surface area (TPSA) is 35.6 Å². The summed E-state index contributed by atoms with van der Waals surface area (Å²) in [6, 6.07) is 10.9. The first-order valence-electron chi connectivity index (χ1n) is 9.26. The molecule has 0 aliphatic heterocycles. The molecule has 0 aliphatic rings. The van der Waals surface area contributed by atoms with Gasteiger partial charge >= 0.3 is 0 Å². The molecule has 132 valence electrons. The summed E-state index contributed by atoms with van der Waals surface area (Å²) in [5.41, 5.74) is 6.34. The molecule has 4 heteroatoms. The molecule has 0 amide bonds. The van der Waals surface area contributed by atoms with Crippen molar-refractivity contribution in [3.63, 3.8) is 0 Å². The van der Waals surface area contributed by atoms with Gasteiger partial charge in [0.1, 0.15) is 0 Å². The van der Waals surface area contributed by atoms with Gasteiger partial charge in [0.05, 0.1) is 17.7 Å². The smallest absolute Gasteiger partial charge is 0.0952 e. The van der Waals surface area contributed by atoms with Crippen LogP contribution < -0.4 is 0 Å². The average molecular weight is 336 g/mol. The lowest BCUT2D eigenvalue weighted by Gasteiger charge is -2.10. The molecule has 0 fully saturated rings. The van der Waals surface area contributed by atoms with E-state index in [4.69, 9.17) is 5.10 Å². The van der Waals surface area contributed by atoms with Crippen LogP contribution in [-0.4, -0.2) is 19.3 Å². The van der Waals surface area contributed by atoms with Crippen molar-refractivity contribution in [3.8, 4) is 0 Å². The second-order valence-electron chi connectivity index (χ2n) is 6.82. The van der Waals surface area contributed by atoms with Crippen LogP contribution in [0.4, 0.5) is 0 Å². The number of nitrogens with zero attached hydrogens (tertiary/aromatic N) is 4. The summed E-state index contributed by atoms with van der Waals surface area (Å²) in [5.74, 6) is 0. The zero-order chi connectivity index (χ0) is 17.8. The lowest BCUT2D eigenvalue weighted by Crippen LogP contribution is -2.08. The summed E-state index contributed by atoms with van der Waals surface area (Å²) in [4.78, 5) is 4.64. The number of benzene rings is 1. The minimum atomic E-state index is 0.393. The fourth-order valence-electron chi connectivity index (χ4n) is 3.41. The average Bonchev–Trinajstić information content (AvgIpc) is 3.20. The molecule has 3 rings (SSSR count). The van der Waals surface area contributed by atoms with E-state index in [-0.39, 0.29) is 0 Å². The number of hydrogen-bond donors (Lipinski definition) is 0. The first-order valence-corrected chi connectivity index (χ1v) is 9.26. The molecule has 4 nitrogen and oxygen atoms in total. The molecule has 25 heavy (non-hydrogen) atoms. The molecule has 0 bridgehead atoms. The molecule has 0 saturated heterocycles. The van der Waals surface area contributed by atoms with Crippen molar-refractivity contribution in [2.45, 2.75) is 59.5 Å². The molecule has 0 saturated carbocycles. The van der Waals surface area contributed by atoms with E-state index in [0.717, 1.165) is 31.5 Å². The molecule has 2 aromatic heterocycles.